The van der Waals surface area contributed by atoms with E-state index < -0.39 is 11.7 Å². The molecule has 0 aromatic rings. The average molecular weight is 194 g/mol. The highest BCUT2D eigenvalue weighted by Gasteiger charge is 2.19. The zero-order valence-electron chi connectivity index (χ0n) is 8.60. The van der Waals surface area contributed by atoms with Crippen LogP contribution in [0.1, 0.15) is 20.8 Å². The van der Waals surface area contributed by atoms with Crippen molar-refractivity contribution in [2.75, 3.05) is 0 Å². The van der Waals surface area contributed by atoms with E-state index in [1.54, 1.807) is 24.6 Å². The highest BCUT2D eigenvalue weighted by atomic mass is 16.6. The van der Waals surface area contributed by atoms with Crippen molar-refractivity contribution in [3.63, 3.8) is 0 Å². The van der Waals surface area contributed by atoms with Crippen LogP contribution in [0.2, 0.25) is 0 Å². The van der Waals surface area contributed by atoms with E-state index in [2.05, 4.69) is 4.99 Å². The van der Waals surface area contributed by atoms with Crippen LogP contribution >= 0.6 is 0 Å². The number of hydrogen-bond donors (Lipinski definition) is 0. The Hall–Kier alpha value is -1.58. The highest BCUT2D eigenvalue weighted by molar-refractivity contribution is 5.84. The molecular formula is C10H14N2O2. The standard InChI is InChI=1S/C10H14N2O2/c1-10(2,3)14-9(13)12-7-5-4-6-11-8-12/h4-8H,1-3H3. The van der Waals surface area contributed by atoms with Gasteiger partial charge in [0.2, 0.25) is 0 Å². The largest absolute Gasteiger partial charge is 0.443 e. The van der Waals surface area contributed by atoms with Gasteiger partial charge in [0, 0.05) is 12.4 Å². The SMILES string of the molecule is CC(C)(C)OC(=O)N1C=CC=CN=C1. The fraction of sp³-hybridized carbons (Fsp3) is 0.400. The molecule has 0 N–H and O–H groups in total. The number of hydrogen-bond acceptors (Lipinski definition) is 3. The third-order valence-electron chi connectivity index (χ3n) is 1.33. The second-order valence-electron chi connectivity index (χ2n) is 3.84. The molecule has 1 aliphatic heterocycles. The lowest BCUT2D eigenvalue weighted by atomic mass is 10.2. The lowest BCUT2D eigenvalue weighted by Crippen LogP contribution is -2.32. The van der Waals surface area contributed by atoms with Gasteiger partial charge in [-0.15, -0.1) is 0 Å². The van der Waals surface area contributed by atoms with Gasteiger partial charge in [0.1, 0.15) is 11.9 Å². The second kappa shape index (κ2) is 4.09. The fourth-order valence-corrected chi connectivity index (χ4v) is 0.813. The van der Waals surface area contributed by atoms with E-state index in [0.29, 0.717) is 0 Å². The molecule has 76 valence electrons. The summed E-state index contributed by atoms with van der Waals surface area (Å²) in [5.41, 5.74) is -0.488. The van der Waals surface area contributed by atoms with Crippen LogP contribution in [0.4, 0.5) is 4.79 Å². The quantitative estimate of drug-likeness (QED) is 0.593. The molecular weight excluding hydrogens is 180 g/mol. The van der Waals surface area contributed by atoms with Crippen LogP contribution in [0.15, 0.2) is 29.5 Å². The molecule has 4 nitrogen and oxygen atoms in total. The Morgan fingerprint density at radius 3 is 2.71 bits per heavy atom. The summed E-state index contributed by atoms with van der Waals surface area (Å²) < 4.78 is 5.15. The number of nitrogens with zero attached hydrogens (tertiary/aromatic N) is 2. The number of aliphatic imine (C=N–C) groups is 1. The zero-order chi connectivity index (χ0) is 10.6. The van der Waals surface area contributed by atoms with Crippen molar-refractivity contribution in [3.05, 3.63) is 24.6 Å². The molecule has 0 spiro atoms. The van der Waals surface area contributed by atoms with Gasteiger partial charge in [-0.3, -0.25) is 0 Å². The summed E-state index contributed by atoms with van der Waals surface area (Å²) in [7, 11) is 0. The first-order chi connectivity index (χ1) is 6.49. The molecule has 1 rings (SSSR count). The van der Waals surface area contributed by atoms with Crippen molar-refractivity contribution in [2.24, 2.45) is 4.99 Å². The Morgan fingerprint density at radius 1 is 1.36 bits per heavy atom. The summed E-state index contributed by atoms with van der Waals surface area (Å²) >= 11 is 0. The van der Waals surface area contributed by atoms with E-state index in [0.717, 1.165) is 0 Å². The van der Waals surface area contributed by atoms with E-state index in [4.69, 9.17) is 4.74 Å². The van der Waals surface area contributed by atoms with Crippen molar-refractivity contribution in [2.45, 2.75) is 26.4 Å². The topological polar surface area (TPSA) is 41.9 Å². The van der Waals surface area contributed by atoms with Crippen molar-refractivity contribution >= 4 is 12.4 Å². The minimum Gasteiger partial charge on any atom is -0.443 e. The van der Waals surface area contributed by atoms with Gasteiger partial charge in [-0.25, -0.2) is 14.7 Å². The van der Waals surface area contributed by atoms with Crippen molar-refractivity contribution in [3.8, 4) is 0 Å². The molecule has 14 heavy (non-hydrogen) atoms. The maximum absolute atomic E-state index is 11.5. The van der Waals surface area contributed by atoms with Crippen molar-refractivity contribution in [1.82, 2.24) is 4.90 Å². The van der Waals surface area contributed by atoms with E-state index >= 15 is 0 Å². The van der Waals surface area contributed by atoms with Crippen LogP contribution in [0, 0.1) is 0 Å². The molecule has 1 amide bonds. The summed E-state index contributed by atoms with van der Waals surface area (Å²) in [5.74, 6) is 0. The normalized spacial score (nSPS) is 15.5. The lowest BCUT2D eigenvalue weighted by molar-refractivity contribution is 0.0432. The van der Waals surface area contributed by atoms with E-state index in [1.807, 2.05) is 20.8 Å². The van der Waals surface area contributed by atoms with Gasteiger partial charge in [0.05, 0.1) is 0 Å². The first-order valence-corrected chi connectivity index (χ1v) is 4.37. The minimum atomic E-state index is -0.488. The number of amides is 1. The van der Waals surface area contributed by atoms with Crippen molar-refractivity contribution < 1.29 is 9.53 Å². The lowest BCUT2D eigenvalue weighted by Gasteiger charge is -2.22. The van der Waals surface area contributed by atoms with Crippen LogP contribution in [-0.2, 0) is 4.74 Å². The maximum atomic E-state index is 11.5. The fourth-order valence-electron chi connectivity index (χ4n) is 0.813. The van der Waals surface area contributed by atoms with Crippen LogP contribution in [0.3, 0.4) is 0 Å². The van der Waals surface area contributed by atoms with Crippen LogP contribution < -0.4 is 0 Å². The molecule has 0 saturated heterocycles. The minimum absolute atomic E-state index is 0.429. The number of carbonyl (C=O) groups excluding carboxylic acids is 1. The molecule has 1 heterocycles. The molecule has 4 heteroatoms. The summed E-state index contributed by atoms with van der Waals surface area (Å²) in [4.78, 5) is 16.7. The van der Waals surface area contributed by atoms with Gasteiger partial charge < -0.3 is 4.74 Å². The smallest absolute Gasteiger partial charge is 0.419 e. The van der Waals surface area contributed by atoms with Crippen LogP contribution in [0.25, 0.3) is 0 Å². The maximum Gasteiger partial charge on any atom is 0.419 e. The number of rotatable bonds is 0. The molecule has 0 saturated carbocycles. The third kappa shape index (κ3) is 3.43. The van der Waals surface area contributed by atoms with Crippen LogP contribution in [-0.4, -0.2) is 22.9 Å². The molecule has 0 atom stereocenters. The number of ether oxygens (including phenoxy) is 1. The van der Waals surface area contributed by atoms with Gasteiger partial charge in [-0.05, 0) is 32.9 Å². The third-order valence-corrected chi connectivity index (χ3v) is 1.33. The molecule has 0 fully saturated rings. The average Bonchev–Trinajstić information content (AvgIpc) is 2.27. The molecule has 0 radical (unpaired) electrons. The number of carbonyl (C=O) groups is 1. The zero-order valence-corrected chi connectivity index (χ0v) is 8.60. The Kier molecular flexibility index (Phi) is 3.06. The first kappa shape index (κ1) is 10.5. The highest BCUT2D eigenvalue weighted by Crippen LogP contribution is 2.09. The Morgan fingerprint density at radius 2 is 2.07 bits per heavy atom. The van der Waals surface area contributed by atoms with E-state index in [9.17, 15) is 4.79 Å². The molecule has 0 aromatic carbocycles. The molecule has 0 aliphatic carbocycles. The molecule has 0 unspecified atom stereocenters. The van der Waals surface area contributed by atoms with Gasteiger partial charge in [-0.1, -0.05) is 0 Å². The van der Waals surface area contributed by atoms with E-state index in [1.165, 1.54) is 11.2 Å². The first-order valence-electron chi connectivity index (χ1n) is 4.37. The predicted molar refractivity (Wildman–Crippen MR) is 54.8 cm³/mol. The van der Waals surface area contributed by atoms with Gasteiger partial charge in [0.15, 0.2) is 0 Å². The Bertz CT molecular complexity index is 282. The summed E-state index contributed by atoms with van der Waals surface area (Å²) in [6, 6.07) is 0. The molecule has 0 bridgehead atoms. The summed E-state index contributed by atoms with van der Waals surface area (Å²) in [6.45, 7) is 5.46. The number of allylic oxidation sites excluding steroid dienone is 2. The molecule has 0 aromatic heterocycles. The van der Waals surface area contributed by atoms with Gasteiger partial charge >= 0.3 is 6.09 Å². The Labute approximate surface area is 83.6 Å². The van der Waals surface area contributed by atoms with Crippen LogP contribution in [0.5, 0.6) is 0 Å². The van der Waals surface area contributed by atoms with Gasteiger partial charge in [-0.2, -0.15) is 0 Å². The van der Waals surface area contributed by atoms with Gasteiger partial charge in [0.25, 0.3) is 0 Å². The summed E-state index contributed by atoms with van der Waals surface area (Å²) in [5, 5.41) is 0. The summed E-state index contributed by atoms with van der Waals surface area (Å²) in [6.07, 6.45) is 7.63. The van der Waals surface area contributed by atoms with Crippen molar-refractivity contribution in [1.29, 1.82) is 0 Å². The monoisotopic (exact) mass is 194 g/mol. The predicted octanol–water partition coefficient (Wildman–Crippen LogP) is 2.29. The Balaban J connectivity index is 2.62. The molecule has 1 aliphatic rings. The second-order valence-corrected chi connectivity index (χ2v) is 3.84. The van der Waals surface area contributed by atoms with E-state index in [-0.39, 0.29) is 0 Å².